The molecule has 6 heteroatoms. The van der Waals surface area contributed by atoms with Crippen molar-refractivity contribution in [3.8, 4) is 5.88 Å². The van der Waals surface area contributed by atoms with Gasteiger partial charge in [-0.3, -0.25) is 0 Å². The third-order valence-electron chi connectivity index (χ3n) is 3.86. The zero-order chi connectivity index (χ0) is 17.1. The van der Waals surface area contributed by atoms with Gasteiger partial charge in [-0.2, -0.15) is 9.97 Å². The molecule has 2 heterocycles. The molecule has 4 aromatic rings. The van der Waals surface area contributed by atoms with E-state index in [1.165, 1.54) is 0 Å². The minimum Gasteiger partial charge on any atom is -0.471 e. The molecule has 0 unspecified atom stereocenters. The molecular formula is C19H17N5O. The molecule has 0 bridgehead atoms. The van der Waals surface area contributed by atoms with Gasteiger partial charge >= 0.3 is 0 Å². The summed E-state index contributed by atoms with van der Waals surface area (Å²) in [5.41, 5.74) is 9.36. The Morgan fingerprint density at radius 3 is 2.28 bits per heavy atom. The van der Waals surface area contributed by atoms with E-state index < -0.39 is 0 Å². The molecule has 0 atom stereocenters. The molecule has 0 aliphatic carbocycles. The third-order valence-corrected chi connectivity index (χ3v) is 3.86. The van der Waals surface area contributed by atoms with Gasteiger partial charge in [0.1, 0.15) is 6.61 Å². The van der Waals surface area contributed by atoms with Crippen molar-refractivity contribution in [3.63, 3.8) is 0 Å². The number of hydrogen-bond acceptors (Lipinski definition) is 5. The SMILES string of the molecule is Nc1nc(OCc2ccccc2)c2ncn(Cc3ccccc3)c2n1. The van der Waals surface area contributed by atoms with Gasteiger partial charge < -0.3 is 15.0 Å². The summed E-state index contributed by atoms with van der Waals surface area (Å²) in [5.74, 6) is 0.573. The maximum Gasteiger partial charge on any atom is 0.247 e. The Kier molecular flexibility index (Phi) is 4.00. The van der Waals surface area contributed by atoms with E-state index in [0.29, 0.717) is 30.2 Å². The minimum absolute atomic E-state index is 0.172. The molecule has 0 fully saturated rings. The molecule has 2 aromatic carbocycles. The second-order valence-electron chi connectivity index (χ2n) is 5.69. The summed E-state index contributed by atoms with van der Waals surface area (Å²) in [7, 11) is 0. The van der Waals surface area contributed by atoms with E-state index >= 15 is 0 Å². The van der Waals surface area contributed by atoms with E-state index in [-0.39, 0.29) is 5.95 Å². The number of aromatic nitrogens is 4. The lowest BCUT2D eigenvalue weighted by Gasteiger charge is -2.08. The number of hydrogen-bond donors (Lipinski definition) is 1. The Hall–Kier alpha value is -3.41. The van der Waals surface area contributed by atoms with Gasteiger partial charge in [-0.15, -0.1) is 0 Å². The van der Waals surface area contributed by atoms with Crippen molar-refractivity contribution in [1.29, 1.82) is 0 Å². The number of imidazole rings is 1. The van der Waals surface area contributed by atoms with Crippen LogP contribution < -0.4 is 10.5 Å². The summed E-state index contributed by atoms with van der Waals surface area (Å²) in [5, 5.41) is 0. The highest BCUT2D eigenvalue weighted by atomic mass is 16.5. The van der Waals surface area contributed by atoms with E-state index in [9.17, 15) is 0 Å². The summed E-state index contributed by atoms with van der Waals surface area (Å²) < 4.78 is 7.79. The van der Waals surface area contributed by atoms with Crippen LogP contribution in [0.25, 0.3) is 11.2 Å². The normalized spacial score (nSPS) is 10.9. The lowest BCUT2D eigenvalue weighted by atomic mass is 10.2. The van der Waals surface area contributed by atoms with Crippen molar-refractivity contribution in [2.24, 2.45) is 0 Å². The van der Waals surface area contributed by atoms with Gasteiger partial charge in [-0.05, 0) is 11.1 Å². The first-order chi connectivity index (χ1) is 12.3. The van der Waals surface area contributed by atoms with Gasteiger partial charge in [0.05, 0.1) is 12.9 Å². The average Bonchev–Trinajstić information content (AvgIpc) is 3.04. The summed E-state index contributed by atoms with van der Waals surface area (Å²) in [6, 6.07) is 20.0. The first kappa shape index (κ1) is 15.1. The summed E-state index contributed by atoms with van der Waals surface area (Å²) in [6.45, 7) is 1.06. The molecule has 0 aliphatic rings. The Balaban J connectivity index is 1.64. The van der Waals surface area contributed by atoms with Crippen LogP contribution in [-0.2, 0) is 13.2 Å². The Morgan fingerprint density at radius 1 is 0.880 bits per heavy atom. The molecule has 0 saturated carbocycles. The third kappa shape index (κ3) is 3.28. The number of nitrogens with zero attached hydrogens (tertiary/aromatic N) is 4. The standard InChI is InChI=1S/C19H17N5O/c20-19-22-17-16(18(23-19)25-12-15-9-5-2-6-10-15)21-13-24(17)11-14-7-3-1-4-8-14/h1-10,13H,11-12H2,(H2,20,22,23). The zero-order valence-corrected chi connectivity index (χ0v) is 13.5. The largest absolute Gasteiger partial charge is 0.471 e. The maximum atomic E-state index is 5.87. The number of anilines is 1. The lowest BCUT2D eigenvalue weighted by molar-refractivity contribution is 0.297. The summed E-state index contributed by atoms with van der Waals surface area (Å²) in [4.78, 5) is 13.0. The molecule has 25 heavy (non-hydrogen) atoms. The van der Waals surface area contributed by atoms with Crippen LogP contribution in [0.3, 0.4) is 0 Å². The highest BCUT2D eigenvalue weighted by molar-refractivity contribution is 5.77. The van der Waals surface area contributed by atoms with Crippen LogP contribution in [0.1, 0.15) is 11.1 Å². The van der Waals surface area contributed by atoms with E-state index in [4.69, 9.17) is 10.5 Å². The average molecular weight is 331 g/mol. The molecule has 0 radical (unpaired) electrons. The monoisotopic (exact) mass is 331 g/mol. The molecule has 0 amide bonds. The first-order valence-corrected chi connectivity index (χ1v) is 7.98. The fourth-order valence-electron chi connectivity index (χ4n) is 2.66. The number of fused-ring (bicyclic) bond motifs is 1. The predicted molar refractivity (Wildman–Crippen MR) is 96.1 cm³/mol. The number of nitrogen functional groups attached to an aromatic ring is 1. The molecular weight excluding hydrogens is 314 g/mol. The molecule has 0 spiro atoms. The van der Waals surface area contributed by atoms with Gasteiger partial charge in [0.15, 0.2) is 11.2 Å². The fourth-order valence-corrected chi connectivity index (χ4v) is 2.66. The number of nitrogens with two attached hydrogens (primary N) is 1. The van der Waals surface area contributed by atoms with E-state index in [2.05, 4.69) is 27.1 Å². The summed E-state index contributed by atoms with van der Waals surface area (Å²) in [6.07, 6.45) is 1.74. The maximum absolute atomic E-state index is 5.87. The molecule has 6 nitrogen and oxygen atoms in total. The van der Waals surface area contributed by atoms with Crippen molar-refractivity contribution < 1.29 is 4.74 Å². The van der Waals surface area contributed by atoms with Crippen LogP contribution in [-0.4, -0.2) is 19.5 Å². The van der Waals surface area contributed by atoms with Gasteiger partial charge in [0.25, 0.3) is 0 Å². The Labute approximate surface area is 144 Å². The molecule has 0 saturated heterocycles. The predicted octanol–water partition coefficient (Wildman–Crippen LogP) is 3.04. The molecule has 2 N–H and O–H groups in total. The molecule has 2 aromatic heterocycles. The van der Waals surface area contributed by atoms with Crippen LogP contribution in [0, 0.1) is 0 Å². The van der Waals surface area contributed by atoms with Crippen LogP contribution in [0.2, 0.25) is 0 Å². The van der Waals surface area contributed by atoms with Crippen molar-refractivity contribution in [3.05, 3.63) is 78.1 Å². The number of rotatable bonds is 5. The van der Waals surface area contributed by atoms with Crippen molar-refractivity contribution >= 4 is 17.1 Å². The lowest BCUT2D eigenvalue weighted by Crippen LogP contribution is -2.05. The van der Waals surface area contributed by atoms with Crippen LogP contribution >= 0.6 is 0 Å². The number of ether oxygens (including phenoxy) is 1. The Morgan fingerprint density at radius 2 is 1.56 bits per heavy atom. The van der Waals surface area contributed by atoms with Crippen molar-refractivity contribution in [1.82, 2.24) is 19.5 Å². The van der Waals surface area contributed by atoms with Gasteiger partial charge in [-0.25, -0.2) is 4.98 Å². The second kappa shape index (κ2) is 6.60. The molecule has 4 rings (SSSR count). The topological polar surface area (TPSA) is 78.9 Å². The van der Waals surface area contributed by atoms with Crippen molar-refractivity contribution in [2.75, 3.05) is 5.73 Å². The van der Waals surface area contributed by atoms with Gasteiger partial charge in [-0.1, -0.05) is 60.7 Å². The zero-order valence-electron chi connectivity index (χ0n) is 13.5. The van der Waals surface area contributed by atoms with Crippen molar-refractivity contribution in [2.45, 2.75) is 13.2 Å². The molecule has 0 aliphatic heterocycles. The van der Waals surface area contributed by atoms with E-state index in [0.717, 1.165) is 11.1 Å². The van der Waals surface area contributed by atoms with E-state index in [1.807, 2.05) is 53.1 Å². The smallest absolute Gasteiger partial charge is 0.247 e. The number of benzene rings is 2. The minimum atomic E-state index is 0.172. The van der Waals surface area contributed by atoms with Crippen LogP contribution in [0.15, 0.2) is 67.0 Å². The highest BCUT2D eigenvalue weighted by Crippen LogP contribution is 2.23. The molecule has 124 valence electrons. The van der Waals surface area contributed by atoms with Gasteiger partial charge in [0, 0.05) is 0 Å². The summed E-state index contributed by atoms with van der Waals surface area (Å²) >= 11 is 0. The van der Waals surface area contributed by atoms with Gasteiger partial charge in [0.2, 0.25) is 11.8 Å². The quantitative estimate of drug-likeness (QED) is 0.608. The van der Waals surface area contributed by atoms with Crippen LogP contribution in [0.4, 0.5) is 5.95 Å². The van der Waals surface area contributed by atoms with E-state index in [1.54, 1.807) is 6.33 Å². The first-order valence-electron chi connectivity index (χ1n) is 7.98. The van der Waals surface area contributed by atoms with Crippen LogP contribution in [0.5, 0.6) is 5.88 Å². The Bertz CT molecular complexity index is 983. The fraction of sp³-hybridized carbons (Fsp3) is 0.105. The second-order valence-corrected chi connectivity index (χ2v) is 5.69. The highest BCUT2D eigenvalue weighted by Gasteiger charge is 2.14.